The van der Waals surface area contributed by atoms with E-state index in [9.17, 15) is 13.2 Å². The van der Waals surface area contributed by atoms with Crippen LogP contribution in [0.4, 0.5) is 0 Å². The maximum atomic E-state index is 12.7. The summed E-state index contributed by atoms with van der Waals surface area (Å²) < 4.78 is 28.1. The molecular weight excluding hydrogens is 276 g/mol. The Labute approximate surface area is 118 Å². The molecule has 1 saturated heterocycles. The average molecular weight is 292 g/mol. The van der Waals surface area contributed by atoms with Gasteiger partial charge in [-0.2, -0.15) is 12.7 Å². The number of hydrogen-bond donors (Lipinski definition) is 0. The van der Waals surface area contributed by atoms with E-state index in [4.69, 9.17) is 0 Å². The van der Waals surface area contributed by atoms with E-state index in [1.165, 1.54) is 14.5 Å². The van der Waals surface area contributed by atoms with Crippen LogP contribution in [0.5, 0.6) is 0 Å². The fourth-order valence-corrected chi connectivity index (χ4v) is 4.30. The zero-order chi connectivity index (χ0) is 14.2. The average Bonchev–Trinajstić information content (AvgIpc) is 2.88. The number of nitrogens with zero attached hydrogens (tertiary/aromatic N) is 2. The lowest BCUT2D eigenvalue weighted by atomic mass is 10.2. The standard InChI is InChI=1S/C14H16N2O3S/c17-11-12-10-16(14-7-3-2-6-13(12)14)20(18,19)15-8-4-1-5-9-15/h2-3,6-7,10-11H,1,4-5,8-9H2. The SMILES string of the molecule is O=Cc1cn(S(=O)(=O)N2CCCCC2)c2ccccc12. The van der Waals surface area contributed by atoms with Crippen LogP contribution in [-0.4, -0.2) is 36.1 Å². The molecule has 0 atom stereocenters. The van der Waals surface area contributed by atoms with Gasteiger partial charge < -0.3 is 0 Å². The lowest BCUT2D eigenvalue weighted by Gasteiger charge is -2.26. The molecule has 106 valence electrons. The van der Waals surface area contributed by atoms with E-state index in [-0.39, 0.29) is 0 Å². The molecule has 1 fully saturated rings. The molecule has 0 saturated carbocycles. The number of carbonyl (C=O) groups excluding carboxylic acids is 1. The van der Waals surface area contributed by atoms with Gasteiger partial charge in [-0.15, -0.1) is 0 Å². The number of aldehydes is 1. The number of fused-ring (bicyclic) bond motifs is 1. The first kappa shape index (κ1) is 13.3. The van der Waals surface area contributed by atoms with Crippen molar-refractivity contribution in [1.82, 2.24) is 8.28 Å². The summed E-state index contributed by atoms with van der Waals surface area (Å²) in [6.07, 6.45) is 4.96. The highest BCUT2D eigenvalue weighted by atomic mass is 32.2. The molecule has 1 aromatic carbocycles. The third-order valence-corrected chi connectivity index (χ3v) is 5.54. The van der Waals surface area contributed by atoms with Crippen molar-refractivity contribution in [3.8, 4) is 0 Å². The molecule has 20 heavy (non-hydrogen) atoms. The van der Waals surface area contributed by atoms with Crippen LogP contribution in [-0.2, 0) is 10.2 Å². The third kappa shape index (κ3) is 2.05. The van der Waals surface area contributed by atoms with Crippen molar-refractivity contribution in [2.45, 2.75) is 19.3 Å². The molecule has 1 aromatic heterocycles. The van der Waals surface area contributed by atoms with E-state index in [0.717, 1.165) is 19.3 Å². The minimum atomic E-state index is -3.59. The Balaban J connectivity index is 2.16. The molecular formula is C14H16N2O3S. The highest BCUT2D eigenvalue weighted by molar-refractivity contribution is 7.87. The van der Waals surface area contributed by atoms with Crippen LogP contribution in [0.2, 0.25) is 0 Å². The summed E-state index contributed by atoms with van der Waals surface area (Å²) in [5, 5.41) is 0.670. The second-order valence-electron chi connectivity index (χ2n) is 4.98. The molecule has 2 aromatic rings. The van der Waals surface area contributed by atoms with Crippen molar-refractivity contribution in [3.05, 3.63) is 36.0 Å². The summed E-state index contributed by atoms with van der Waals surface area (Å²) in [5.74, 6) is 0. The van der Waals surface area contributed by atoms with Gasteiger partial charge in [0.2, 0.25) is 0 Å². The predicted molar refractivity (Wildman–Crippen MR) is 77.1 cm³/mol. The van der Waals surface area contributed by atoms with Crippen LogP contribution in [0.15, 0.2) is 30.5 Å². The molecule has 5 nitrogen and oxygen atoms in total. The van der Waals surface area contributed by atoms with Crippen molar-refractivity contribution in [1.29, 1.82) is 0 Å². The molecule has 2 heterocycles. The van der Waals surface area contributed by atoms with Crippen LogP contribution in [0.25, 0.3) is 10.9 Å². The maximum absolute atomic E-state index is 12.7. The van der Waals surface area contributed by atoms with E-state index in [1.807, 2.05) is 0 Å². The zero-order valence-corrected chi connectivity index (χ0v) is 11.8. The minimum Gasteiger partial charge on any atom is -0.298 e. The van der Waals surface area contributed by atoms with Gasteiger partial charge in [0.05, 0.1) is 5.52 Å². The summed E-state index contributed by atoms with van der Waals surface area (Å²) in [4.78, 5) is 11.1. The second kappa shape index (κ2) is 5.03. The van der Waals surface area contributed by atoms with Crippen molar-refractivity contribution in [2.75, 3.05) is 13.1 Å². The van der Waals surface area contributed by atoms with E-state index in [2.05, 4.69) is 0 Å². The molecule has 0 spiro atoms. The molecule has 0 N–H and O–H groups in total. The number of para-hydroxylation sites is 1. The van der Waals surface area contributed by atoms with Gasteiger partial charge >= 0.3 is 10.2 Å². The first-order valence-electron chi connectivity index (χ1n) is 6.70. The summed E-state index contributed by atoms with van der Waals surface area (Å²) in [6, 6.07) is 7.07. The Morgan fingerprint density at radius 3 is 2.45 bits per heavy atom. The van der Waals surface area contributed by atoms with Crippen molar-refractivity contribution < 1.29 is 13.2 Å². The monoisotopic (exact) mass is 292 g/mol. The van der Waals surface area contributed by atoms with Crippen LogP contribution < -0.4 is 0 Å². The van der Waals surface area contributed by atoms with Crippen LogP contribution in [0, 0.1) is 0 Å². The summed E-state index contributed by atoms with van der Waals surface area (Å²) in [6.45, 7) is 1.09. The lowest BCUT2D eigenvalue weighted by Crippen LogP contribution is -2.38. The van der Waals surface area contributed by atoms with E-state index < -0.39 is 10.2 Å². The van der Waals surface area contributed by atoms with Gasteiger partial charge in [-0.25, -0.2) is 3.97 Å². The van der Waals surface area contributed by atoms with Crippen LogP contribution in [0.3, 0.4) is 0 Å². The molecule has 6 heteroatoms. The number of rotatable bonds is 3. The van der Waals surface area contributed by atoms with E-state index >= 15 is 0 Å². The van der Waals surface area contributed by atoms with Crippen molar-refractivity contribution in [3.63, 3.8) is 0 Å². The predicted octanol–water partition coefficient (Wildman–Crippen LogP) is 2.03. The Morgan fingerprint density at radius 1 is 1.05 bits per heavy atom. The minimum absolute atomic E-state index is 0.404. The Hall–Kier alpha value is -1.66. The van der Waals surface area contributed by atoms with Gasteiger partial charge in [0.15, 0.2) is 6.29 Å². The zero-order valence-electron chi connectivity index (χ0n) is 11.0. The first-order valence-corrected chi connectivity index (χ1v) is 8.10. The topological polar surface area (TPSA) is 59.4 Å². The Bertz CT molecular complexity index is 743. The highest BCUT2D eigenvalue weighted by Gasteiger charge is 2.27. The number of carbonyl (C=O) groups is 1. The normalized spacial score (nSPS) is 17.4. The largest absolute Gasteiger partial charge is 0.307 e. The van der Waals surface area contributed by atoms with Crippen molar-refractivity contribution in [2.24, 2.45) is 0 Å². The molecule has 0 radical (unpaired) electrons. The fraction of sp³-hybridized carbons (Fsp3) is 0.357. The quantitative estimate of drug-likeness (QED) is 0.813. The van der Waals surface area contributed by atoms with E-state index in [1.54, 1.807) is 24.3 Å². The number of aromatic nitrogens is 1. The van der Waals surface area contributed by atoms with Crippen molar-refractivity contribution >= 4 is 27.4 Å². The van der Waals surface area contributed by atoms with Gasteiger partial charge in [-0.05, 0) is 18.9 Å². The van der Waals surface area contributed by atoms with Gasteiger partial charge in [0.25, 0.3) is 0 Å². The summed E-state index contributed by atoms with van der Waals surface area (Å²) in [5.41, 5.74) is 0.960. The molecule has 0 amide bonds. The van der Waals surface area contributed by atoms with Gasteiger partial charge in [0.1, 0.15) is 0 Å². The Kier molecular flexibility index (Phi) is 3.35. The fourth-order valence-electron chi connectivity index (χ4n) is 2.68. The summed E-state index contributed by atoms with van der Waals surface area (Å²) >= 11 is 0. The molecule has 1 aliphatic heterocycles. The number of piperidine rings is 1. The van der Waals surface area contributed by atoms with Crippen LogP contribution in [0.1, 0.15) is 29.6 Å². The van der Waals surface area contributed by atoms with E-state index in [0.29, 0.717) is 35.8 Å². The Morgan fingerprint density at radius 2 is 1.75 bits per heavy atom. The van der Waals surface area contributed by atoms with Gasteiger partial charge in [0, 0.05) is 30.2 Å². The molecule has 0 unspecified atom stereocenters. The van der Waals surface area contributed by atoms with Gasteiger partial charge in [-0.3, -0.25) is 4.79 Å². The van der Waals surface area contributed by atoms with Crippen LogP contribution >= 0.6 is 0 Å². The van der Waals surface area contributed by atoms with Gasteiger partial charge in [-0.1, -0.05) is 24.6 Å². The lowest BCUT2D eigenvalue weighted by molar-refractivity contribution is 0.112. The summed E-state index contributed by atoms with van der Waals surface area (Å²) in [7, 11) is -3.59. The highest BCUT2D eigenvalue weighted by Crippen LogP contribution is 2.24. The maximum Gasteiger partial charge on any atom is 0.307 e. The molecule has 3 rings (SSSR count). The number of hydrogen-bond acceptors (Lipinski definition) is 3. The molecule has 1 aliphatic rings. The third-order valence-electron chi connectivity index (χ3n) is 3.73. The molecule has 0 bridgehead atoms. The second-order valence-corrected chi connectivity index (χ2v) is 6.79. The molecule has 0 aliphatic carbocycles. The first-order chi connectivity index (χ1) is 9.64. The smallest absolute Gasteiger partial charge is 0.298 e. The number of benzene rings is 1.